The number of benzene rings is 5. The molecule has 0 aliphatic heterocycles. The first kappa shape index (κ1) is 24.8. The minimum atomic E-state index is 0.916. The zero-order valence-corrected chi connectivity index (χ0v) is 25.0. The number of nitrogens with zero attached hydrogens (tertiary/aromatic N) is 6. The van der Waals surface area contributed by atoms with E-state index in [1.54, 1.807) is 0 Å². The van der Waals surface area contributed by atoms with Crippen molar-refractivity contribution in [3.63, 3.8) is 0 Å². The molecule has 0 atom stereocenters. The van der Waals surface area contributed by atoms with Crippen LogP contribution in [-0.4, -0.2) is 28.5 Å². The molecule has 0 saturated carbocycles. The molecule has 6 heteroatoms. The van der Waals surface area contributed by atoms with Gasteiger partial charge in [0.1, 0.15) is 5.65 Å². The van der Waals surface area contributed by atoms with E-state index in [9.17, 15) is 0 Å². The molecule has 0 spiro atoms. The van der Waals surface area contributed by atoms with Gasteiger partial charge in [-0.25, -0.2) is 4.98 Å². The molecular weight excluding hydrogens is 576 g/mol. The topological polar surface area (TPSA) is 52.9 Å². The molecule has 11 rings (SSSR count). The Kier molecular flexibility index (Phi) is 4.75. The highest BCUT2D eigenvalue weighted by molar-refractivity contribution is 6.32. The lowest BCUT2D eigenvalue weighted by atomic mass is 10.0. The van der Waals surface area contributed by atoms with E-state index in [1.807, 2.05) is 30.9 Å². The van der Waals surface area contributed by atoms with Gasteiger partial charge in [0, 0.05) is 67.7 Å². The Morgan fingerprint density at radius 2 is 1.06 bits per heavy atom. The highest BCUT2D eigenvalue weighted by Gasteiger charge is 2.24. The summed E-state index contributed by atoms with van der Waals surface area (Å²) < 4.78 is 7.10. The molecule has 218 valence electrons. The molecule has 0 aliphatic carbocycles. The Labute approximate surface area is 267 Å². The minimum absolute atomic E-state index is 0.916. The van der Waals surface area contributed by atoms with E-state index < -0.39 is 0 Å². The van der Waals surface area contributed by atoms with Gasteiger partial charge in [0.2, 0.25) is 0 Å². The van der Waals surface area contributed by atoms with Crippen LogP contribution in [0.15, 0.2) is 146 Å². The molecule has 47 heavy (non-hydrogen) atoms. The van der Waals surface area contributed by atoms with Gasteiger partial charge in [0.05, 0.1) is 44.8 Å². The molecule has 0 bridgehead atoms. The maximum atomic E-state index is 5.17. The molecule has 0 radical (unpaired) electrons. The number of pyridine rings is 3. The summed E-state index contributed by atoms with van der Waals surface area (Å²) in [6.45, 7) is 0. The van der Waals surface area contributed by atoms with Gasteiger partial charge in [0.25, 0.3) is 0 Å². The van der Waals surface area contributed by atoms with Gasteiger partial charge < -0.3 is 9.13 Å². The van der Waals surface area contributed by atoms with Crippen molar-refractivity contribution >= 4 is 82.0 Å². The average Bonchev–Trinajstić information content (AvgIpc) is 3.80. The average molecular weight is 601 g/mol. The molecule has 0 fully saturated rings. The normalized spacial score (nSPS) is 12.3. The predicted molar refractivity (Wildman–Crippen MR) is 192 cm³/mol. The van der Waals surface area contributed by atoms with E-state index in [1.165, 1.54) is 38.1 Å². The predicted octanol–water partition coefficient (Wildman–Crippen LogP) is 9.78. The van der Waals surface area contributed by atoms with Gasteiger partial charge in [-0.3, -0.25) is 14.4 Å². The Balaban J connectivity index is 1.44. The van der Waals surface area contributed by atoms with Crippen LogP contribution in [0.25, 0.3) is 93.3 Å². The van der Waals surface area contributed by atoms with Gasteiger partial charge >= 0.3 is 0 Å². The second-order valence-electron chi connectivity index (χ2n) is 12.1. The monoisotopic (exact) mass is 600 g/mol. The summed E-state index contributed by atoms with van der Waals surface area (Å²) in [5.74, 6) is 0. The lowest BCUT2D eigenvalue weighted by molar-refractivity contribution is 1.18. The van der Waals surface area contributed by atoms with Gasteiger partial charge in [-0.15, -0.1) is 0 Å². The molecule has 6 aromatic heterocycles. The molecule has 0 unspecified atom stereocenters. The van der Waals surface area contributed by atoms with Crippen LogP contribution in [0.3, 0.4) is 0 Å². The standard InChI is InChI=1S/C41H24N6/c1-3-9-25(10-4-1)45-33-14-8-7-13-29(33)38-35(45)18-17-28-27-15-16-30-37(39(27)46(40(28)38)26-11-5-2-6-12-26)31-23-42-22-20-34(31)47-36-24-43-21-19-32(36)44-41(30)47/h1-24H. The maximum absolute atomic E-state index is 5.17. The number of fused-ring (bicyclic) bond motifs is 16. The first-order valence-corrected chi connectivity index (χ1v) is 15.8. The number of aromatic nitrogens is 6. The molecule has 0 aliphatic rings. The summed E-state index contributed by atoms with van der Waals surface area (Å²) in [7, 11) is 0. The van der Waals surface area contributed by atoms with Crippen LogP contribution in [0.4, 0.5) is 0 Å². The molecule has 0 N–H and O–H groups in total. The van der Waals surface area contributed by atoms with Gasteiger partial charge in [-0.2, -0.15) is 0 Å². The first-order valence-electron chi connectivity index (χ1n) is 15.8. The lowest BCUT2D eigenvalue weighted by Crippen LogP contribution is -1.97. The van der Waals surface area contributed by atoms with Crippen molar-refractivity contribution < 1.29 is 0 Å². The smallest absolute Gasteiger partial charge is 0.146 e. The fourth-order valence-corrected chi connectivity index (χ4v) is 7.92. The van der Waals surface area contributed by atoms with Crippen molar-refractivity contribution in [2.45, 2.75) is 0 Å². The summed E-state index contributed by atoms with van der Waals surface area (Å²) in [6, 6.07) is 43.4. The quantitative estimate of drug-likeness (QED) is 0.186. The van der Waals surface area contributed by atoms with Crippen molar-refractivity contribution in [3.8, 4) is 11.4 Å². The fourth-order valence-electron chi connectivity index (χ4n) is 7.92. The molecule has 6 heterocycles. The Hall–Kier alpha value is -6.53. The van der Waals surface area contributed by atoms with E-state index in [0.717, 1.165) is 55.2 Å². The molecule has 11 aromatic rings. The van der Waals surface area contributed by atoms with Gasteiger partial charge in [0.15, 0.2) is 0 Å². The third-order valence-electron chi connectivity index (χ3n) is 9.76. The zero-order valence-electron chi connectivity index (χ0n) is 25.0. The Morgan fingerprint density at radius 3 is 1.89 bits per heavy atom. The van der Waals surface area contributed by atoms with Crippen LogP contribution in [0.2, 0.25) is 0 Å². The van der Waals surface area contributed by atoms with Gasteiger partial charge in [-0.1, -0.05) is 66.7 Å². The van der Waals surface area contributed by atoms with Crippen LogP contribution >= 0.6 is 0 Å². The fraction of sp³-hybridized carbons (Fsp3) is 0. The van der Waals surface area contributed by atoms with E-state index in [-0.39, 0.29) is 0 Å². The number of hydrogen-bond donors (Lipinski definition) is 0. The van der Waals surface area contributed by atoms with E-state index >= 15 is 0 Å². The molecule has 6 nitrogen and oxygen atoms in total. The zero-order chi connectivity index (χ0) is 30.6. The number of rotatable bonds is 2. The van der Waals surface area contributed by atoms with Crippen molar-refractivity contribution in [3.05, 3.63) is 146 Å². The second-order valence-corrected chi connectivity index (χ2v) is 12.1. The van der Waals surface area contributed by atoms with Crippen molar-refractivity contribution in [2.24, 2.45) is 0 Å². The summed E-state index contributed by atoms with van der Waals surface area (Å²) >= 11 is 0. The summed E-state index contributed by atoms with van der Waals surface area (Å²) in [4.78, 5) is 14.3. The third kappa shape index (κ3) is 3.16. The largest absolute Gasteiger partial charge is 0.309 e. The lowest BCUT2D eigenvalue weighted by Gasteiger charge is -2.13. The van der Waals surface area contributed by atoms with Crippen LogP contribution < -0.4 is 0 Å². The number of imidazole rings is 1. The van der Waals surface area contributed by atoms with Crippen molar-refractivity contribution in [2.75, 3.05) is 0 Å². The Bertz CT molecular complexity index is 3060. The maximum Gasteiger partial charge on any atom is 0.146 e. The van der Waals surface area contributed by atoms with E-state index in [4.69, 9.17) is 4.98 Å². The van der Waals surface area contributed by atoms with E-state index in [2.05, 4.69) is 139 Å². The van der Waals surface area contributed by atoms with Gasteiger partial charge in [-0.05, 0) is 54.6 Å². The van der Waals surface area contributed by atoms with Crippen LogP contribution in [0.5, 0.6) is 0 Å². The van der Waals surface area contributed by atoms with E-state index in [0.29, 0.717) is 0 Å². The van der Waals surface area contributed by atoms with Crippen molar-refractivity contribution in [1.29, 1.82) is 0 Å². The highest BCUT2D eigenvalue weighted by atomic mass is 15.0. The number of hydrogen-bond acceptors (Lipinski definition) is 3. The van der Waals surface area contributed by atoms with Crippen LogP contribution in [0.1, 0.15) is 0 Å². The molecule has 0 saturated heterocycles. The number of para-hydroxylation sites is 3. The summed E-state index contributed by atoms with van der Waals surface area (Å²) in [5.41, 5.74) is 10.8. The Morgan fingerprint density at radius 1 is 0.404 bits per heavy atom. The summed E-state index contributed by atoms with van der Waals surface area (Å²) in [6.07, 6.45) is 7.58. The third-order valence-corrected chi connectivity index (χ3v) is 9.76. The summed E-state index contributed by atoms with van der Waals surface area (Å²) in [5, 5.41) is 8.16. The SMILES string of the molecule is c1ccc(-n2c3ccccc3c3c2ccc2c4ccc5c(c6cnccc6n6c7cnccc7nc56)c4n(-c4ccccc4)c23)cc1. The minimum Gasteiger partial charge on any atom is -0.309 e. The van der Waals surface area contributed by atoms with Crippen LogP contribution in [0, 0.1) is 0 Å². The van der Waals surface area contributed by atoms with Crippen LogP contribution in [-0.2, 0) is 0 Å². The van der Waals surface area contributed by atoms with Crippen molar-refractivity contribution in [1.82, 2.24) is 28.5 Å². The molecule has 5 aromatic carbocycles. The molecule has 0 amide bonds. The highest BCUT2D eigenvalue weighted by Crippen LogP contribution is 2.45. The second kappa shape index (κ2) is 9.02. The molecular formula is C41H24N6. The first-order chi connectivity index (χ1) is 23.4.